The maximum Gasteiger partial charge on any atom is 0.218 e. The lowest BCUT2D eigenvalue weighted by molar-refractivity contribution is -0.0205. The zero-order valence-electron chi connectivity index (χ0n) is 7.88. The zero-order chi connectivity index (χ0) is 10.9. The molecule has 0 bridgehead atoms. The highest BCUT2D eigenvalue weighted by Gasteiger charge is 2.28. The summed E-state index contributed by atoms with van der Waals surface area (Å²) in [4.78, 5) is 10.3. The topological polar surface area (TPSA) is 73.6 Å². The van der Waals surface area contributed by atoms with E-state index in [4.69, 9.17) is 9.15 Å². The predicted octanol–water partition coefficient (Wildman–Crippen LogP) is 0.512. The Hall–Kier alpha value is -1.14. The fourth-order valence-electron chi connectivity index (χ4n) is 1.34. The molecular weight excluding hydrogens is 220 g/mol. The van der Waals surface area contributed by atoms with Crippen molar-refractivity contribution in [2.75, 3.05) is 19.0 Å². The molecule has 1 aliphatic rings. The van der Waals surface area contributed by atoms with E-state index in [9.17, 15) is 13.2 Å². The van der Waals surface area contributed by atoms with E-state index >= 15 is 0 Å². The van der Waals surface area contributed by atoms with Crippen LogP contribution in [-0.4, -0.2) is 33.7 Å². The highest BCUT2D eigenvalue weighted by atomic mass is 32.2. The van der Waals surface area contributed by atoms with Crippen molar-refractivity contribution in [3.05, 3.63) is 17.9 Å². The third-order valence-corrected chi connectivity index (χ3v) is 3.93. The highest BCUT2D eigenvalue weighted by molar-refractivity contribution is 7.91. The molecule has 2 rings (SSSR count). The molecule has 2 heterocycles. The monoisotopic (exact) mass is 230 g/mol. The normalized spacial score (nSPS) is 17.3. The van der Waals surface area contributed by atoms with E-state index in [0.717, 1.165) is 0 Å². The molecule has 1 aromatic heterocycles. The Balaban J connectivity index is 2.16. The summed E-state index contributed by atoms with van der Waals surface area (Å²) in [5.41, 5.74) is 0. The van der Waals surface area contributed by atoms with Gasteiger partial charge in [0, 0.05) is 5.92 Å². The molecule has 6 heteroatoms. The van der Waals surface area contributed by atoms with E-state index in [1.807, 2.05) is 0 Å². The quantitative estimate of drug-likeness (QED) is 0.705. The van der Waals surface area contributed by atoms with Crippen molar-refractivity contribution in [1.82, 2.24) is 0 Å². The van der Waals surface area contributed by atoms with Gasteiger partial charge in [0.2, 0.25) is 14.9 Å². The number of hydrogen-bond acceptors (Lipinski definition) is 5. The summed E-state index contributed by atoms with van der Waals surface area (Å²) >= 11 is 0. The summed E-state index contributed by atoms with van der Waals surface area (Å²) in [6.07, 6.45) is 0.478. The molecule has 0 amide bonds. The summed E-state index contributed by atoms with van der Waals surface area (Å²) in [6.45, 7) is 0.945. The third kappa shape index (κ3) is 2.10. The van der Waals surface area contributed by atoms with Gasteiger partial charge in [0.15, 0.2) is 12.0 Å². The average molecular weight is 230 g/mol. The SMILES string of the molecule is O=Cc1ccc(S(=O)(=O)CC2COC2)o1. The standard InChI is InChI=1S/C9H10O5S/c10-3-8-1-2-9(14-8)15(11,12)6-7-4-13-5-7/h1-3,7H,4-6H2. The summed E-state index contributed by atoms with van der Waals surface area (Å²) in [6, 6.07) is 2.65. The minimum atomic E-state index is -3.42. The number of sulfone groups is 1. The first-order valence-corrected chi connectivity index (χ1v) is 6.12. The molecule has 0 N–H and O–H groups in total. The Morgan fingerprint density at radius 3 is 2.60 bits per heavy atom. The molecule has 1 fully saturated rings. The second kappa shape index (κ2) is 3.79. The molecule has 0 aromatic carbocycles. The first-order chi connectivity index (χ1) is 7.12. The molecule has 0 spiro atoms. The number of aldehydes is 1. The van der Waals surface area contributed by atoms with Gasteiger partial charge < -0.3 is 9.15 Å². The van der Waals surface area contributed by atoms with Crippen molar-refractivity contribution in [3.63, 3.8) is 0 Å². The highest BCUT2D eigenvalue weighted by Crippen LogP contribution is 2.20. The van der Waals surface area contributed by atoms with Crippen LogP contribution < -0.4 is 0 Å². The molecule has 82 valence electrons. The molecule has 0 atom stereocenters. The van der Waals surface area contributed by atoms with Crippen molar-refractivity contribution in [2.45, 2.75) is 5.09 Å². The van der Waals surface area contributed by atoms with Crippen molar-refractivity contribution < 1.29 is 22.4 Å². The van der Waals surface area contributed by atoms with Gasteiger partial charge in [-0.25, -0.2) is 8.42 Å². The van der Waals surface area contributed by atoms with Gasteiger partial charge in [0.25, 0.3) is 0 Å². The van der Waals surface area contributed by atoms with Crippen LogP contribution in [0.4, 0.5) is 0 Å². The lowest BCUT2D eigenvalue weighted by Crippen LogP contribution is -2.33. The molecule has 1 aliphatic heterocycles. The molecular formula is C9H10O5S. The molecule has 0 saturated carbocycles. The fourth-order valence-corrected chi connectivity index (χ4v) is 2.81. The van der Waals surface area contributed by atoms with Crippen LogP contribution in [0, 0.1) is 5.92 Å². The van der Waals surface area contributed by atoms with E-state index in [1.165, 1.54) is 12.1 Å². The lowest BCUT2D eigenvalue weighted by Gasteiger charge is -2.24. The molecule has 15 heavy (non-hydrogen) atoms. The maximum absolute atomic E-state index is 11.7. The second-order valence-corrected chi connectivity index (χ2v) is 5.42. The molecule has 1 saturated heterocycles. The van der Waals surface area contributed by atoms with E-state index < -0.39 is 9.84 Å². The van der Waals surface area contributed by atoms with E-state index in [-0.39, 0.29) is 22.5 Å². The number of hydrogen-bond donors (Lipinski definition) is 0. The van der Waals surface area contributed by atoms with Crippen LogP contribution in [-0.2, 0) is 14.6 Å². The van der Waals surface area contributed by atoms with E-state index in [2.05, 4.69) is 0 Å². The number of rotatable bonds is 4. The smallest absolute Gasteiger partial charge is 0.218 e. The average Bonchev–Trinajstić information content (AvgIpc) is 2.60. The fraction of sp³-hybridized carbons (Fsp3) is 0.444. The molecule has 5 nitrogen and oxygen atoms in total. The maximum atomic E-state index is 11.7. The second-order valence-electron chi connectivity index (χ2n) is 3.46. The van der Waals surface area contributed by atoms with Gasteiger partial charge in [0.05, 0.1) is 19.0 Å². The summed E-state index contributed by atoms with van der Waals surface area (Å²) < 4.78 is 33.2. The van der Waals surface area contributed by atoms with E-state index in [1.54, 1.807) is 0 Å². The van der Waals surface area contributed by atoms with Crippen molar-refractivity contribution >= 4 is 16.1 Å². The number of ether oxygens (including phenoxy) is 1. The Bertz CT molecular complexity index is 455. The molecule has 0 radical (unpaired) electrons. The number of furan rings is 1. The summed E-state index contributed by atoms with van der Waals surface area (Å²) in [5.74, 6) is 0.0805. The molecule has 0 unspecified atom stereocenters. The van der Waals surface area contributed by atoms with Gasteiger partial charge in [0.1, 0.15) is 0 Å². The predicted molar refractivity (Wildman–Crippen MR) is 50.5 cm³/mol. The Kier molecular flexibility index (Phi) is 2.62. The van der Waals surface area contributed by atoms with Crippen molar-refractivity contribution in [3.8, 4) is 0 Å². The Labute approximate surface area is 86.9 Å². The van der Waals surface area contributed by atoms with Crippen LogP contribution in [0.25, 0.3) is 0 Å². The van der Waals surface area contributed by atoms with Gasteiger partial charge in [-0.2, -0.15) is 0 Å². The van der Waals surface area contributed by atoms with Gasteiger partial charge in [-0.05, 0) is 12.1 Å². The summed E-state index contributed by atoms with van der Waals surface area (Å²) in [5, 5.41) is -0.142. The van der Waals surface area contributed by atoms with Crippen LogP contribution >= 0.6 is 0 Å². The van der Waals surface area contributed by atoms with Crippen LogP contribution in [0.3, 0.4) is 0 Å². The minimum Gasteiger partial charge on any atom is -0.442 e. The Morgan fingerprint density at radius 1 is 1.40 bits per heavy atom. The lowest BCUT2D eigenvalue weighted by atomic mass is 10.1. The van der Waals surface area contributed by atoms with Crippen LogP contribution in [0.5, 0.6) is 0 Å². The van der Waals surface area contributed by atoms with Gasteiger partial charge in [-0.1, -0.05) is 0 Å². The first kappa shape index (κ1) is 10.4. The largest absolute Gasteiger partial charge is 0.442 e. The minimum absolute atomic E-state index is 0.0127. The van der Waals surface area contributed by atoms with Crippen molar-refractivity contribution in [1.29, 1.82) is 0 Å². The van der Waals surface area contributed by atoms with Gasteiger partial charge in [-0.15, -0.1) is 0 Å². The number of carbonyl (C=O) groups is 1. The van der Waals surface area contributed by atoms with Crippen LogP contribution in [0.1, 0.15) is 10.6 Å². The van der Waals surface area contributed by atoms with E-state index in [0.29, 0.717) is 19.5 Å². The van der Waals surface area contributed by atoms with Crippen LogP contribution in [0.15, 0.2) is 21.6 Å². The van der Waals surface area contributed by atoms with Crippen LogP contribution in [0.2, 0.25) is 0 Å². The number of carbonyl (C=O) groups excluding carboxylic acids is 1. The molecule has 0 aliphatic carbocycles. The zero-order valence-corrected chi connectivity index (χ0v) is 8.70. The first-order valence-electron chi connectivity index (χ1n) is 4.47. The molecule has 1 aromatic rings. The Morgan fingerprint density at radius 2 is 2.13 bits per heavy atom. The third-order valence-electron chi connectivity index (χ3n) is 2.19. The van der Waals surface area contributed by atoms with Gasteiger partial charge in [-0.3, -0.25) is 4.79 Å². The summed E-state index contributed by atoms with van der Waals surface area (Å²) in [7, 11) is -3.42. The van der Waals surface area contributed by atoms with Gasteiger partial charge >= 0.3 is 0 Å². The van der Waals surface area contributed by atoms with Crippen molar-refractivity contribution in [2.24, 2.45) is 5.92 Å².